The van der Waals surface area contributed by atoms with Crippen LogP contribution in [0.15, 0.2) is 0 Å². The van der Waals surface area contributed by atoms with Crippen molar-refractivity contribution in [3.05, 3.63) is 0 Å². The lowest BCUT2D eigenvalue weighted by molar-refractivity contribution is -0.123. The molecular weight excluding hydrogens is 178 g/mol. The van der Waals surface area contributed by atoms with Gasteiger partial charge in [-0.05, 0) is 39.5 Å². The Balaban J connectivity index is 2.41. The molecule has 1 aliphatic carbocycles. The zero-order valence-corrected chi connectivity index (χ0v) is 9.05. The van der Waals surface area contributed by atoms with Gasteiger partial charge in [-0.15, -0.1) is 0 Å². The standard InChI is InChI=1S/C10H21N3O/c1-10(2,9(12)14)13-8-5-3-7(11)4-6-8/h7-8,13H,3-6,11H2,1-2H3,(H2,12,14). The van der Waals surface area contributed by atoms with Crippen LogP contribution in [0.25, 0.3) is 0 Å². The molecule has 5 N–H and O–H groups in total. The summed E-state index contributed by atoms with van der Waals surface area (Å²) in [7, 11) is 0. The summed E-state index contributed by atoms with van der Waals surface area (Å²) < 4.78 is 0. The molecule has 4 nitrogen and oxygen atoms in total. The van der Waals surface area contributed by atoms with E-state index < -0.39 is 5.54 Å². The van der Waals surface area contributed by atoms with Gasteiger partial charge in [-0.3, -0.25) is 4.79 Å². The van der Waals surface area contributed by atoms with Gasteiger partial charge in [0, 0.05) is 12.1 Å². The zero-order valence-electron chi connectivity index (χ0n) is 9.05. The predicted molar refractivity (Wildman–Crippen MR) is 56.6 cm³/mol. The second-order valence-electron chi connectivity index (χ2n) is 4.75. The Morgan fingerprint density at radius 2 is 1.79 bits per heavy atom. The summed E-state index contributed by atoms with van der Waals surface area (Å²) in [4.78, 5) is 11.1. The number of nitrogens with two attached hydrogens (primary N) is 2. The monoisotopic (exact) mass is 199 g/mol. The van der Waals surface area contributed by atoms with Crippen molar-refractivity contribution >= 4 is 5.91 Å². The molecule has 0 aromatic carbocycles. The SMILES string of the molecule is CC(C)(NC1CCC(N)CC1)C(N)=O. The Hall–Kier alpha value is -0.610. The maximum atomic E-state index is 11.1. The Labute approximate surface area is 85.4 Å². The van der Waals surface area contributed by atoms with E-state index in [1.807, 2.05) is 13.8 Å². The molecule has 0 atom stereocenters. The number of hydrogen-bond acceptors (Lipinski definition) is 3. The summed E-state index contributed by atoms with van der Waals surface area (Å²) in [5.74, 6) is -0.299. The topological polar surface area (TPSA) is 81.1 Å². The van der Waals surface area contributed by atoms with Crippen molar-refractivity contribution in [2.24, 2.45) is 11.5 Å². The number of rotatable bonds is 3. The highest BCUT2D eigenvalue weighted by Crippen LogP contribution is 2.19. The third-order valence-electron chi connectivity index (χ3n) is 2.95. The van der Waals surface area contributed by atoms with Gasteiger partial charge in [0.25, 0.3) is 0 Å². The molecule has 1 fully saturated rings. The molecule has 0 aliphatic heterocycles. The van der Waals surface area contributed by atoms with E-state index in [2.05, 4.69) is 5.32 Å². The molecule has 0 bridgehead atoms. The van der Waals surface area contributed by atoms with Crippen LogP contribution in [0.1, 0.15) is 39.5 Å². The van der Waals surface area contributed by atoms with Crippen molar-refractivity contribution < 1.29 is 4.79 Å². The second-order valence-corrected chi connectivity index (χ2v) is 4.75. The molecule has 0 radical (unpaired) electrons. The Morgan fingerprint density at radius 1 is 1.29 bits per heavy atom. The lowest BCUT2D eigenvalue weighted by Gasteiger charge is -2.33. The van der Waals surface area contributed by atoms with Crippen LogP contribution < -0.4 is 16.8 Å². The van der Waals surface area contributed by atoms with E-state index in [1.165, 1.54) is 0 Å². The molecule has 1 rings (SSSR count). The van der Waals surface area contributed by atoms with Crippen LogP contribution in [-0.2, 0) is 4.79 Å². The van der Waals surface area contributed by atoms with E-state index in [4.69, 9.17) is 11.5 Å². The summed E-state index contributed by atoms with van der Waals surface area (Å²) in [6.07, 6.45) is 4.15. The fourth-order valence-corrected chi connectivity index (χ4v) is 1.84. The van der Waals surface area contributed by atoms with Crippen molar-refractivity contribution in [2.75, 3.05) is 0 Å². The van der Waals surface area contributed by atoms with Gasteiger partial charge < -0.3 is 16.8 Å². The van der Waals surface area contributed by atoms with Gasteiger partial charge in [-0.1, -0.05) is 0 Å². The van der Waals surface area contributed by atoms with Crippen molar-refractivity contribution in [1.82, 2.24) is 5.32 Å². The van der Waals surface area contributed by atoms with E-state index in [-0.39, 0.29) is 5.91 Å². The summed E-state index contributed by atoms with van der Waals surface area (Å²) in [6.45, 7) is 3.65. The maximum absolute atomic E-state index is 11.1. The maximum Gasteiger partial charge on any atom is 0.237 e. The number of hydrogen-bond donors (Lipinski definition) is 3. The summed E-state index contributed by atoms with van der Waals surface area (Å²) in [5, 5.41) is 3.29. The number of primary amides is 1. The van der Waals surface area contributed by atoms with Crippen LogP contribution in [0.2, 0.25) is 0 Å². The Bertz CT molecular complexity index is 207. The number of carbonyl (C=O) groups is 1. The Morgan fingerprint density at radius 3 is 2.21 bits per heavy atom. The molecule has 0 spiro atoms. The quantitative estimate of drug-likeness (QED) is 0.603. The summed E-state index contributed by atoms with van der Waals surface area (Å²) >= 11 is 0. The van der Waals surface area contributed by atoms with Crippen LogP contribution in [0.5, 0.6) is 0 Å². The van der Waals surface area contributed by atoms with E-state index in [0.717, 1.165) is 25.7 Å². The minimum absolute atomic E-state index is 0.299. The van der Waals surface area contributed by atoms with Gasteiger partial charge in [-0.25, -0.2) is 0 Å². The number of amides is 1. The van der Waals surface area contributed by atoms with Crippen molar-refractivity contribution in [3.63, 3.8) is 0 Å². The van der Waals surface area contributed by atoms with E-state index >= 15 is 0 Å². The number of nitrogens with one attached hydrogen (secondary N) is 1. The fourth-order valence-electron chi connectivity index (χ4n) is 1.84. The van der Waals surface area contributed by atoms with Gasteiger partial charge in [0.15, 0.2) is 0 Å². The highest BCUT2D eigenvalue weighted by Gasteiger charge is 2.29. The van der Waals surface area contributed by atoms with Gasteiger partial charge in [0.05, 0.1) is 5.54 Å². The predicted octanol–water partition coefficient (Wildman–Crippen LogP) is 0.110. The molecule has 0 aromatic rings. The van der Waals surface area contributed by atoms with Crippen LogP contribution in [-0.4, -0.2) is 23.5 Å². The van der Waals surface area contributed by atoms with E-state index in [0.29, 0.717) is 12.1 Å². The molecule has 1 aliphatic rings. The molecule has 4 heteroatoms. The first-order chi connectivity index (χ1) is 6.42. The average Bonchev–Trinajstić information content (AvgIpc) is 2.08. The smallest absolute Gasteiger partial charge is 0.237 e. The molecule has 1 amide bonds. The molecule has 0 heterocycles. The van der Waals surface area contributed by atoms with Crippen LogP contribution in [0.4, 0.5) is 0 Å². The molecule has 14 heavy (non-hydrogen) atoms. The average molecular weight is 199 g/mol. The molecule has 82 valence electrons. The molecule has 0 saturated heterocycles. The lowest BCUT2D eigenvalue weighted by Crippen LogP contribution is -2.55. The first-order valence-electron chi connectivity index (χ1n) is 5.25. The zero-order chi connectivity index (χ0) is 10.8. The minimum Gasteiger partial charge on any atom is -0.368 e. The summed E-state index contributed by atoms with van der Waals surface area (Å²) in [5.41, 5.74) is 10.5. The highest BCUT2D eigenvalue weighted by atomic mass is 16.1. The fraction of sp³-hybridized carbons (Fsp3) is 0.900. The molecule has 0 unspecified atom stereocenters. The normalized spacial score (nSPS) is 28.8. The molecular formula is C10H21N3O. The van der Waals surface area contributed by atoms with Gasteiger partial charge in [-0.2, -0.15) is 0 Å². The third-order valence-corrected chi connectivity index (χ3v) is 2.95. The highest BCUT2D eigenvalue weighted by molar-refractivity contribution is 5.83. The van der Waals surface area contributed by atoms with Gasteiger partial charge in [0.1, 0.15) is 0 Å². The van der Waals surface area contributed by atoms with Crippen LogP contribution in [0.3, 0.4) is 0 Å². The van der Waals surface area contributed by atoms with Gasteiger partial charge in [0.2, 0.25) is 5.91 Å². The minimum atomic E-state index is -0.605. The lowest BCUT2D eigenvalue weighted by atomic mass is 9.89. The van der Waals surface area contributed by atoms with E-state index in [9.17, 15) is 4.79 Å². The second kappa shape index (κ2) is 4.28. The Kier molecular flexibility index (Phi) is 3.50. The van der Waals surface area contributed by atoms with Crippen molar-refractivity contribution in [2.45, 2.75) is 57.2 Å². The van der Waals surface area contributed by atoms with Crippen molar-refractivity contribution in [3.8, 4) is 0 Å². The first-order valence-corrected chi connectivity index (χ1v) is 5.25. The summed E-state index contributed by atoms with van der Waals surface area (Å²) in [6, 6.07) is 0.724. The molecule has 1 saturated carbocycles. The van der Waals surface area contributed by atoms with Crippen LogP contribution in [0, 0.1) is 0 Å². The largest absolute Gasteiger partial charge is 0.368 e. The first kappa shape index (κ1) is 11.5. The molecule has 0 aromatic heterocycles. The van der Waals surface area contributed by atoms with E-state index in [1.54, 1.807) is 0 Å². The third kappa shape index (κ3) is 2.96. The van der Waals surface area contributed by atoms with Gasteiger partial charge >= 0.3 is 0 Å². The van der Waals surface area contributed by atoms with Crippen molar-refractivity contribution in [1.29, 1.82) is 0 Å². The van der Waals surface area contributed by atoms with Crippen LogP contribution >= 0.6 is 0 Å². The number of carbonyl (C=O) groups excluding carboxylic acids is 1.